The molecule has 0 unspecified atom stereocenters. The van der Waals surface area contributed by atoms with Gasteiger partial charge in [-0.15, -0.1) is 0 Å². The number of rotatable bonds is 4. The minimum absolute atomic E-state index is 0.286. The molecule has 110 valence electrons. The van der Waals surface area contributed by atoms with Crippen molar-refractivity contribution in [3.63, 3.8) is 0 Å². The topological polar surface area (TPSA) is 41.9 Å². The lowest BCUT2D eigenvalue weighted by molar-refractivity contribution is -0.0613. The van der Waals surface area contributed by atoms with Crippen LogP contribution in [0, 0.1) is 0 Å². The lowest BCUT2D eigenvalue weighted by Gasteiger charge is -2.14. The number of ether oxygens (including phenoxy) is 1. The first-order chi connectivity index (χ1) is 9.24. The average molecular weight is 288 g/mol. The number of nitrogens with zero attached hydrogens (tertiary/aromatic N) is 2. The van der Waals surface area contributed by atoms with Gasteiger partial charge >= 0.3 is 12.1 Å². The van der Waals surface area contributed by atoms with Crippen molar-refractivity contribution in [2.75, 3.05) is 21.2 Å². The van der Waals surface area contributed by atoms with Gasteiger partial charge in [0.15, 0.2) is 0 Å². The van der Waals surface area contributed by atoms with Crippen LogP contribution in [-0.4, -0.2) is 44.1 Å². The molecule has 1 rings (SSSR count). The molecule has 1 aromatic rings. The molecule has 0 atom stereocenters. The molecule has 0 N–H and O–H groups in total. The van der Waals surface area contributed by atoms with E-state index in [1.807, 2.05) is 0 Å². The molecule has 0 aliphatic heterocycles. The summed E-state index contributed by atoms with van der Waals surface area (Å²) >= 11 is 0. The summed E-state index contributed by atoms with van der Waals surface area (Å²) in [6, 6.07) is 5.74. The number of hydrazone groups is 1. The summed E-state index contributed by atoms with van der Waals surface area (Å²) in [6.45, 7) is 0. The third-order valence-electron chi connectivity index (χ3n) is 2.39. The predicted octanol–water partition coefficient (Wildman–Crippen LogP) is 2.50. The highest BCUT2D eigenvalue weighted by molar-refractivity contribution is 5.92. The van der Waals surface area contributed by atoms with Crippen LogP contribution in [0.15, 0.2) is 29.4 Å². The summed E-state index contributed by atoms with van der Waals surface area (Å²) in [4.78, 5) is 11.2. The molecule has 0 fully saturated rings. The van der Waals surface area contributed by atoms with Crippen molar-refractivity contribution in [3.8, 4) is 0 Å². The number of esters is 1. The maximum absolute atomic E-state index is 12.8. The van der Waals surface area contributed by atoms with Gasteiger partial charge in [0.25, 0.3) is 0 Å². The van der Waals surface area contributed by atoms with Gasteiger partial charge in [0.2, 0.25) is 0 Å². The first-order valence-electron chi connectivity index (χ1n) is 5.73. The molecule has 0 heterocycles. The maximum Gasteiger partial charge on any atom is 0.431 e. The van der Waals surface area contributed by atoms with Crippen LogP contribution in [0.1, 0.15) is 15.9 Å². The first-order valence-corrected chi connectivity index (χ1v) is 5.73. The zero-order valence-corrected chi connectivity index (χ0v) is 11.4. The van der Waals surface area contributed by atoms with Gasteiger partial charge in [0.1, 0.15) is 5.71 Å². The first kappa shape index (κ1) is 16.0. The van der Waals surface area contributed by atoms with E-state index in [0.29, 0.717) is 5.56 Å². The van der Waals surface area contributed by atoms with Gasteiger partial charge in [0.05, 0.1) is 12.7 Å². The Morgan fingerprint density at radius 2 is 1.80 bits per heavy atom. The third-order valence-corrected chi connectivity index (χ3v) is 2.39. The van der Waals surface area contributed by atoms with Crippen LogP contribution in [0.4, 0.5) is 13.2 Å². The van der Waals surface area contributed by atoms with Gasteiger partial charge < -0.3 is 9.75 Å². The lowest BCUT2D eigenvalue weighted by Crippen LogP contribution is -2.27. The van der Waals surface area contributed by atoms with Crippen LogP contribution in [0.5, 0.6) is 0 Å². The van der Waals surface area contributed by atoms with Crippen molar-refractivity contribution >= 4 is 11.7 Å². The Labute approximate surface area is 114 Å². The van der Waals surface area contributed by atoms with E-state index in [1.54, 1.807) is 0 Å². The van der Waals surface area contributed by atoms with Gasteiger partial charge in [-0.1, -0.05) is 12.1 Å². The fourth-order valence-corrected chi connectivity index (χ4v) is 1.50. The Morgan fingerprint density at radius 1 is 1.25 bits per heavy atom. The molecule has 0 saturated heterocycles. The number of hydrogen-bond donors (Lipinski definition) is 0. The molecule has 7 heteroatoms. The van der Waals surface area contributed by atoms with Crippen LogP contribution >= 0.6 is 0 Å². The van der Waals surface area contributed by atoms with E-state index in [2.05, 4.69) is 9.84 Å². The van der Waals surface area contributed by atoms with Crippen molar-refractivity contribution in [2.24, 2.45) is 5.10 Å². The Kier molecular flexibility index (Phi) is 5.12. The molecular weight excluding hydrogens is 273 g/mol. The normalized spacial score (nSPS) is 12.2. The number of carbonyl (C=O) groups is 1. The van der Waals surface area contributed by atoms with Gasteiger partial charge in [-0.3, -0.25) is 0 Å². The summed E-state index contributed by atoms with van der Waals surface area (Å²) in [6.07, 6.45) is -4.85. The fraction of sp³-hybridized carbons (Fsp3) is 0.385. The number of halogens is 3. The Bertz CT molecular complexity index is 493. The SMILES string of the molecule is COC(=O)c1ccc(C/C(=N/N(C)C)C(F)(F)F)cc1. The number of carbonyl (C=O) groups excluding carboxylic acids is 1. The van der Waals surface area contributed by atoms with Crippen LogP contribution in [0.2, 0.25) is 0 Å². The van der Waals surface area contributed by atoms with Crippen LogP contribution in [-0.2, 0) is 11.2 Å². The molecule has 1 aromatic carbocycles. The maximum atomic E-state index is 12.8. The summed E-state index contributed by atoms with van der Waals surface area (Å²) in [5, 5.41) is 4.55. The highest BCUT2D eigenvalue weighted by Crippen LogP contribution is 2.21. The van der Waals surface area contributed by atoms with Crippen LogP contribution in [0.3, 0.4) is 0 Å². The monoisotopic (exact) mass is 288 g/mol. The average Bonchev–Trinajstić information content (AvgIpc) is 2.36. The van der Waals surface area contributed by atoms with E-state index in [-0.39, 0.29) is 12.0 Å². The number of benzene rings is 1. The van der Waals surface area contributed by atoms with E-state index in [0.717, 1.165) is 5.01 Å². The Balaban J connectivity index is 2.93. The third kappa shape index (κ3) is 4.56. The van der Waals surface area contributed by atoms with Crippen molar-refractivity contribution in [2.45, 2.75) is 12.6 Å². The van der Waals surface area contributed by atoms with E-state index >= 15 is 0 Å². The summed E-state index contributed by atoms with van der Waals surface area (Å²) in [5.41, 5.74) is -0.196. The van der Waals surface area contributed by atoms with E-state index in [4.69, 9.17) is 0 Å². The molecule has 0 radical (unpaired) electrons. The van der Waals surface area contributed by atoms with Crippen LogP contribution in [0.25, 0.3) is 0 Å². The van der Waals surface area contributed by atoms with Crippen molar-refractivity contribution < 1.29 is 22.7 Å². The molecule has 0 aliphatic carbocycles. The Morgan fingerprint density at radius 3 is 2.20 bits per heavy atom. The van der Waals surface area contributed by atoms with Crippen LogP contribution < -0.4 is 0 Å². The molecule has 0 saturated carbocycles. The molecule has 0 bridgehead atoms. The molecule has 0 aromatic heterocycles. The minimum atomic E-state index is -4.49. The second-order valence-electron chi connectivity index (χ2n) is 4.26. The van der Waals surface area contributed by atoms with Crippen molar-refractivity contribution in [1.82, 2.24) is 5.01 Å². The standard InChI is InChI=1S/C13H15F3N2O2/c1-18(2)17-11(13(14,15)16)8-9-4-6-10(7-5-9)12(19)20-3/h4-7H,8H2,1-3H3/b17-11-. The summed E-state index contributed by atoms with van der Waals surface area (Å²) in [7, 11) is 4.08. The smallest absolute Gasteiger partial charge is 0.431 e. The molecule has 0 amide bonds. The molecule has 4 nitrogen and oxygen atoms in total. The summed E-state index contributed by atoms with van der Waals surface area (Å²) < 4.78 is 42.9. The van der Waals surface area contributed by atoms with Gasteiger partial charge in [0, 0.05) is 20.5 Å². The van der Waals surface area contributed by atoms with E-state index < -0.39 is 17.9 Å². The quantitative estimate of drug-likeness (QED) is 0.485. The fourth-order valence-electron chi connectivity index (χ4n) is 1.50. The summed E-state index contributed by atoms with van der Waals surface area (Å²) in [5.74, 6) is -0.533. The lowest BCUT2D eigenvalue weighted by atomic mass is 10.1. The second-order valence-corrected chi connectivity index (χ2v) is 4.26. The molecule has 0 spiro atoms. The second kappa shape index (κ2) is 6.40. The van der Waals surface area contributed by atoms with E-state index in [1.165, 1.54) is 45.5 Å². The largest absolute Gasteiger partial charge is 0.465 e. The highest BCUT2D eigenvalue weighted by atomic mass is 19.4. The Hall–Kier alpha value is -2.05. The predicted molar refractivity (Wildman–Crippen MR) is 68.7 cm³/mol. The van der Waals surface area contributed by atoms with Crippen molar-refractivity contribution in [1.29, 1.82) is 0 Å². The molecular formula is C13H15F3N2O2. The zero-order chi connectivity index (χ0) is 15.3. The molecule has 20 heavy (non-hydrogen) atoms. The molecule has 0 aliphatic rings. The number of methoxy groups -OCH3 is 1. The van der Waals surface area contributed by atoms with Gasteiger partial charge in [-0.2, -0.15) is 18.3 Å². The number of alkyl halides is 3. The van der Waals surface area contributed by atoms with Gasteiger partial charge in [-0.05, 0) is 17.7 Å². The minimum Gasteiger partial charge on any atom is -0.465 e. The number of hydrogen-bond acceptors (Lipinski definition) is 4. The van der Waals surface area contributed by atoms with E-state index in [9.17, 15) is 18.0 Å². The van der Waals surface area contributed by atoms with Gasteiger partial charge in [-0.25, -0.2) is 4.79 Å². The zero-order valence-electron chi connectivity index (χ0n) is 11.4. The van der Waals surface area contributed by atoms with Crippen molar-refractivity contribution in [3.05, 3.63) is 35.4 Å². The highest BCUT2D eigenvalue weighted by Gasteiger charge is 2.36.